The van der Waals surface area contributed by atoms with Crippen molar-refractivity contribution in [1.82, 2.24) is 14.5 Å². The van der Waals surface area contributed by atoms with Gasteiger partial charge in [-0.2, -0.15) is 0 Å². The Morgan fingerprint density at radius 3 is 2.61 bits per heavy atom. The standard InChI is InChI=1S/C14H22N4/c15-12-2-1-7-17(10-3-4-10)14(12)13-8-16-9-18(13)11-5-6-11/h8-12,14H,1-7,15H2. The normalized spacial score (nSPS) is 33.8. The van der Waals surface area contributed by atoms with Gasteiger partial charge in [0.15, 0.2) is 0 Å². The molecule has 1 saturated heterocycles. The van der Waals surface area contributed by atoms with Crippen molar-refractivity contribution in [1.29, 1.82) is 0 Å². The second kappa shape index (κ2) is 4.07. The second-order valence-electron chi connectivity index (χ2n) is 6.18. The maximum Gasteiger partial charge on any atom is 0.0951 e. The van der Waals surface area contributed by atoms with Crippen LogP contribution in [0.25, 0.3) is 0 Å². The molecule has 0 aromatic carbocycles. The maximum absolute atomic E-state index is 6.43. The van der Waals surface area contributed by atoms with Crippen LogP contribution in [0.5, 0.6) is 0 Å². The molecule has 0 radical (unpaired) electrons. The molecule has 2 aliphatic carbocycles. The molecule has 4 heteroatoms. The van der Waals surface area contributed by atoms with Gasteiger partial charge in [0.2, 0.25) is 0 Å². The molecular weight excluding hydrogens is 224 g/mol. The van der Waals surface area contributed by atoms with Crippen molar-refractivity contribution in [2.75, 3.05) is 6.54 Å². The van der Waals surface area contributed by atoms with Gasteiger partial charge in [0.25, 0.3) is 0 Å². The van der Waals surface area contributed by atoms with E-state index in [2.05, 4.69) is 20.6 Å². The minimum Gasteiger partial charge on any atom is -0.330 e. The van der Waals surface area contributed by atoms with Gasteiger partial charge < -0.3 is 10.3 Å². The van der Waals surface area contributed by atoms with Gasteiger partial charge in [0, 0.05) is 24.3 Å². The lowest BCUT2D eigenvalue weighted by atomic mass is 9.94. The Hall–Kier alpha value is -0.870. The van der Waals surface area contributed by atoms with Crippen molar-refractivity contribution in [2.24, 2.45) is 5.73 Å². The smallest absolute Gasteiger partial charge is 0.0951 e. The molecule has 2 N–H and O–H groups in total. The molecule has 1 aromatic rings. The highest BCUT2D eigenvalue weighted by molar-refractivity contribution is 5.14. The lowest BCUT2D eigenvalue weighted by Gasteiger charge is -2.40. The molecule has 2 atom stereocenters. The Kier molecular flexibility index (Phi) is 2.49. The summed E-state index contributed by atoms with van der Waals surface area (Å²) in [5, 5.41) is 0. The second-order valence-corrected chi connectivity index (χ2v) is 6.18. The molecule has 4 rings (SSSR count). The lowest BCUT2D eigenvalue weighted by molar-refractivity contribution is 0.114. The number of rotatable bonds is 3. The number of piperidine rings is 1. The zero-order valence-corrected chi connectivity index (χ0v) is 10.8. The average molecular weight is 246 g/mol. The van der Waals surface area contributed by atoms with Crippen LogP contribution in [-0.4, -0.2) is 33.1 Å². The summed E-state index contributed by atoms with van der Waals surface area (Å²) in [5.41, 5.74) is 7.80. The third-order valence-corrected chi connectivity index (χ3v) is 4.67. The van der Waals surface area contributed by atoms with Crippen LogP contribution in [0, 0.1) is 0 Å². The van der Waals surface area contributed by atoms with Gasteiger partial charge in [-0.15, -0.1) is 0 Å². The van der Waals surface area contributed by atoms with E-state index in [4.69, 9.17) is 5.73 Å². The summed E-state index contributed by atoms with van der Waals surface area (Å²) >= 11 is 0. The van der Waals surface area contributed by atoms with Gasteiger partial charge >= 0.3 is 0 Å². The fourth-order valence-corrected chi connectivity index (χ4v) is 3.46. The van der Waals surface area contributed by atoms with Gasteiger partial charge in [-0.05, 0) is 45.1 Å². The lowest BCUT2D eigenvalue weighted by Crippen LogP contribution is -2.47. The molecule has 1 aliphatic heterocycles. The minimum atomic E-state index is 0.286. The van der Waals surface area contributed by atoms with Crippen LogP contribution >= 0.6 is 0 Å². The van der Waals surface area contributed by atoms with Crippen LogP contribution in [0.2, 0.25) is 0 Å². The molecule has 0 bridgehead atoms. The van der Waals surface area contributed by atoms with Gasteiger partial charge in [-0.25, -0.2) is 4.98 Å². The molecule has 3 fully saturated rings. The molecule has 3 aliphatic rings. The van der Waals surface area contributed by atoms with Crippen LogP contribution in [-0.2, 0) is 0 Å². The Labute approximate surface area is 108 Å². The topological polar surface area (TPSA) is 47.1 Å². The number of nitrogens with zero attached hydrogens (tertiary/aromatic N) is 3. The van der Waals surface area contributed by atoms with Crippen LogP contribution in [0.3, 0.4) is 0 Å². The monoisotopic (exact) mass is 246 g/mol. The predicted octanol–water partition coefficient (Wildman–Crippen LogP) is 1.84. The molecular formula is C14H22N4. The van der Waals surface area contributed by atoms with E-state index < -0.39 is 0 Å². The van der Waals surface area contributed by atoms with Crippen molar-refractivity contribution in [3.8, 4) is 0 Å². The van der Waals surface area contributed by atoms with Crippen molar-refractivity contribution in [3.63, 3.8) is 0 Å². The van der Waals surface area contributed by atoms with Crippen LogP contribution < -0.4 is 5.73 Å². The molecule has 0 amide bonds. The van der Waals surface area contributed by atoms with E-state index in [1.807, 2.05) is 6.33 Å². The van der Waals surface area contributed by atoms with Crippen molar-refractivity contribution in [2.45, 2.75) is 62.7 Å². The zero-order chi connectivity index (χ0) is 12.1. The Balaban J connectivity index is 1.67. The molecule has 18 heavy (non-hydrogen) atoms. The minimum absolute atomic E-state index is 0.286. The van der Waals surface area contributed by atoms with E-state index in [0.717, 1.165) is 12.5 Å². The van der Waals surface area contributed by atoms with E-state index in [9.17, 15) is 0 Å². The molecule has 2 heterocycles. The van der Waals surface area contributed by atoms with E-state index in [0.29, 0.717) is 12.1 Å². The quantitative estimate of drug-likeness (QED) is 0.885. The van der Waals surface area contributed by atoms with Gasteiger partial charge in [-0.3, -0.25) is 4.90 Å². The van der Waals surface area contributed by atoms with Crippen LogP contribution in [0.4, 0.5) is 0 Å². The van der Waals surface area contributed by atoms with E-state index in [-0.39, 0.29) is 6.04 Å². The summed E-state index contributed by atoms with van der Waals surface area (Å²) in [6.07, 6.45) is 11.8. The molecule has 1 aromatic heterocycles. The molecule has 4 nitrogen and oxygen atoms in total. The van der Waals surface area contributed by atoms with Crippen LogP contribution in [0.1, 0.15) is 56.3 Å². The van der Waals surface area contributed by atoms with E-state index in [1.165, 1.54) is 44.3 Å². The Morgan fingerprint density at radius 2 is 1.89 bits per heavy atom. The Morgan fingerprint density at radius 1 is 1.11 bits per heavy atom. The number of nitrogens with two attached hydrogens (primary N) is 1. The fraction of sp³-hybridized carbons (Fsp3) is 0.786. The number of imidazole rings is 1. The summed E-state index contributed by atoms with van der Waals surface area (Å²) < 4.78 is 2.39. The largest absolute Gasteiger partial charge is 0.330 e. The third kappa shape index (κ3) is 1.79. The summed E-state index contributed by atoms with van der Waals surface area (Å²) in [6, 6.07) is 2.20. The third-order valence-electron chi connectivity index (χ3n) is 4.67. The van der Waals surface area contributed by atoms with E-state index in [1.54, 1.807) is 0 Å². The summed E-state index contributed by atoms with van der Waals surface area (Å²) in [6.45, 7) is 1.22. The number of hydrogen-bond donors (Lipinski definition) is 1. The fourth-order valence-electron chi connectivity index (χ4n) is 3.46. The average Bonchev–Trinajstić information content (AvgIpc) is 3.28. The zero-order valence-electron chi connectivity index (χ0n) is 10.8. The van der Waals surface area contributed by atoms with Gasteiger partial charge in [0.1, 0.15) is 0 Å². The van der Waals surface area contributed by atoms with Gasteiger partial charge in [0.05, 0.1) is 18.1 Å². The predicted molar refractivity (Wildman–Crippen MR) is 70.2 cm³/mol. The first kappa shape index (κ1) is 11.0. The first-order valence-electron chi connectivity index (χ1n) is 7.37. The van der Waals surface area contributed by atoms with Crippen molar-refractivity contribution >= 4 is 0 Å². The van der Waals surface area contributed by atoms with Crippen molar-refractivity contribution < 1.29 is 0 Å². The first-order valence-corrected chi connectivity index (χ1v) is 7.37. The number of aromatic nitrogens is 2. The highest BCUT2D eigenvalue weighted by atomic mass is 15.3. The van der Waals surface area contributed by atoms with Gasteiger partial charge in [-0.1, -0.05) is 0 Å². The number of likely N-dealkylation sites (tertiary alicyclic amines) is 1. The SMILES string of the molecule is NC1CCCN(C2CC2)C1c1cncn1C1CC1. The summed E-state index contributed by atoms with van der Waals surface area (Å²) in [5.74, 6) is 0. The molecule has 98 valence electrons. The molecule has 0 spiro atoms. The first-order chi connectivity index (χ1) is 8.84. The summed E-state index contributed by atoms with van der Waals surface area (Å²) in [7, 11) is 0. The number of hydrogen-bond acceptors (Lipinski definition) is 3. The molecule has 2 unspecified atom stereocenters. The van der Waals surface area contributed by atoms with Crippen LogP contribution in [0.15, 0.2) is 12.5 Å². The maximum atomic E-state index is 6.43. The van der Waals surface area contributed by atoms with Crippen molar-refractivity contribution in [3.05, 3.63) is 18.2 Å². The summed E-state index contributed by atoms with van der Waals surface area (Å²) in [4.78, 5) is 7.04. The molecule has 2 saturated carbocycles. The highest BCUT2D eigenvalue weighted by Gasteiger charge is 2.41. The highest BCUT2D eigenvalue weighted by Crippen LogP contribution is 2.42. The van der Waals surface area contributed by atoms with E-state index >= 15 is 0 Å². The Bertz CT molecular complexity index is 433.